The third kappa shape index (κ3) is 2.79. The number of aromatic nitrogens is 2. The minimum Gasteiger partial charge on any atom is -0.340 e. The summed E-state index contributed by atoms with van der Waals surface area (Å²) in [6.45, 7) is 4.28. The average molecular weight is 299 g/mol. The van der Waals surface area contributed by atoms with Gasteiger partial charge in [0.1, 0.15) is 11.6 Å². The Kier molecular flexibility index (Phi) is 4.04. The lowest BCUT2D eigenvalue weighted by molar-refractivity contribution is -0.129. The van der Waals surface area contributed by atoms with Gasteiger partial charge in [0.25, 0.3) is 0 Å². The van der Waals surface area contributed by atoms with Crippen LogP contribution in [0.3, 0.4) is 0 Å². The summed E-state index contributed by atoms with van der Waals surface area (Å²) in [5, 5.41) is 0. The lowest BCUT2D eigenvalue weighted by atomic mass is 10.0. The molecule has 114 valence electrons. The highest BCUT2D eigenvalue weighted by atomic mass is 19.1. The molecule has 4 nitrogen and oxygen atoms in total. The Morgan fingerprint density at radius 2 is 2.32 bits per heavy atom. The number of nitrogens with zero attached hydrogens (tertiary/aromatic N) is 2. The van der Waals surface area contributed by atoms with Crippen LogP contribution in [0.4, 0.5) is 4.39 Å². The number of likely N-dealkylation sites (tertiary alicyclic amines) is 1. The van der Waals surface area contributed by atoms with Gasteiger partial charge >= 0.3 is 0 Å². The summed E-state index contributed by atoms with van der Waals surface area (Å²) in [4.78, 5) is 21.4. The van der Waals surface area contributed by atoms with Gasteiger partial charge in [-0.3, -0.25) is 4.79 Å². The summed E-state index contributed by atoms with van der Waals surface area (Å²) in [5.41, 5.74) is 1.50. The normalized spacial score (nSPS) is 18.2. The van der Waals surface area contributed by atoms with E-state index in [0.717, 1.165) is 36.3 Å². The number of rotatable bonds is 3. The van der Waals surface area contributed by atoms with E-state index in [4.69, 9.17) is 0 Å². The van der Waals surface area contributed by atoms with Crippen molar-refractivity contribution in [3.05, 3.63) is 54.8 Å². The highest BCUT2D eigenvalue weighted by molar-refractivity contribution is 5.87. The lowest BCUT2D eigenvalue weighted by Crippen LogP contribution is -2.37. The first-order chi connectivity index (χ1) is 10.7. The molecule has 5 heteroatoms. The number of imidazole rings is 1. The molecule has 1 saturated heterocycles. The largest absolute Gasteiger partial charge is 0.340 e. The minimum atomic E-state index is -0.283. The maximum absolute atomic E-state index is 13.3. The summed E-state index contributed by atoms with van der Waals surface area (Å²) >= 11 is 0. The number of H-pyrrole nitrogens is 1. The van der Waals surface area contributed by atoms with Gasteiger partial charge in [0.2, 0.25) is 5.91 Å². The minimum absolute atomic E-state index is 0.0680. The summed E-state index contributed by atoms with van der Waals surface area (Å²) in [7, 11) is 0. The number of aromatic amines is 1. The van der Waals surface area contributed by atoms with E-state index in [1.54, 1.807) is 17.2 Å². The summed E-state index contributed by atoms with van der Waals surface area (Å²) in [5.74, 6) is 0.386. The first-order valence-electron chi connectivity index (χ1n) is 7.43. The van der Waals surface area contributed by atoms with E-state index in [1.165, 1.54) is 18.2 Å². The van der Waals surface area contributed by atoms with Crippen molar-refractivity contribution in [1.82, 2.24) is 14.9 Å². The molecule has 1 N–H and O–H groups in total. The molecule has 0 spiro atoms. The number of hydrogen-bond donors (Lipinski definition) is 1. The molecule has 0 aliphatic carbocycles. The molecule has 1 aliphatic rings. The molecular formula is C17H18FN3O. The van der Waals surface area contributed by atoms with Crippen LogP contribution in [0.5, 0.6) is 0 Å². The van der Waals surface area contributed by atoms with Gasteiger partial charge < -0.3 is 9.88 Å². The van der Waals surface area contributed by atoms with Crippen molar-refractivity contribution in [3.63, 3.8) is 0 Å². The van der Waals surface area contributed by atoms with Gasteiger partial charge in [-0.1, -0.05) is 18.7 Å². The molecule has 0 radical (unpaired) electrons. The SMILES string of the molecule is C=CC(=O)N1CCCCC1c1ncc(-c2cccc(F)c2)[nH]1. The number of carbonyl (C=O) groups is 1. The van der Waals surface area contributed by atoms with E-state index in [9.17, 15) is 9.18 Å². The number of hydrogen-bond acceptors (Lipinski definition) is 2. The van der Waals surface area contributed by atoms with Gasteiger partial charge in [-0.25, -0.2) is 9.37 Å². The molecule has 1 amide bonds. The van der Waals surface area contributed by atoms with Gasteiger partial charge in [0.05, 0.1) is 17.9 Å². The van der Waals surface area contributed by atoms with Crippen LogP contribution in [0, 0.1) is 5.82 Å². The second-order valence-corrected chi connectivity index (χ2v) is 5.44. The van der Waals surface area contributed by atoms with Gasteiger partial charge in [-0.15, -0.1) is 0 Å². The van der Waals surface area contributed by atoms with Crippen LogP contribution in [0.25, 0.3) is 11.3 Å². The predicted molar refractivity (Wildman–Crippen MR) is 82.5 cm³/mol. The van der Waals surface area contributed by atoms with Crippen LogP contribution in [-0.2, 0) is 4.79 Å². The quantitative estimate of drug-likeness (QED) is 0.882. The molecule has 2 heterocycles. The molecule has 1 aliphatic heterocycles. The number of carbonyl (C=O) groups excluding carboxylic acids is 1. The zero-order chi connectivity index (χ0) is 15.5. The zero-order valence-electron chi connectivity index (χ0n) is 12.3. The molecular weight excluding hydrogens is 281 g/mol. The zero-order valence-corrected chi connectivity index (χ0v) is 12.3. The van der Waals surface area contributed by atoms with Crippen molar-refractivity contribution in [3.8, 4) is 11.3 Å². The summed E-state index contributed by atoms with van der Waals surface area (Å²) in [6.07, 6.45) is 5.95. The second-order valence-electron chi connectivity index (χ2n) is 5.44. The monoisotopic (exact) mass is 299 g/mol. The van der Waals surface area contributed by atoms with Crippen LogP contribution in [0.2, 0.25) is 0 Å². The number of halogens is 1. The van der Waals surface area contributed by atoms with Crippen molar-refractivity contribution >= 4 is 5.91 Å². The Hall–Kier alpha value is -2.43. The molecule has 0 saturated carbocycles. The highest BCUT2D eigenvalue weighted by Crippen LogP contribution is 2.30. The fourth-order valence-electron chi connectivity index (χ4n) is 2.91. The number of nitrogens with one attached hydrogen (secondary N) is 1. The lowest BCUT2D eigenvalue weighted by Gasteiger charge is -2.33. The Balaban J connectivity index is 1.88. The Bertz CT molecular complexity index is 695. The Labute approximate surface area is 128 Å². The van der Waals surface area contributed by atoms with Crippen molar-refractivity contribution in [2.75, 3.05) is 6.54 Å². The molecule has 1 aromatic heterocycles. The van der Waals surface area contributed by atoms with Crippen LogP contribution < -0.4 is 0 Å². The van der Waals surface area contributed by atoms with Gasteiger partial charge in [0, 0.05) is 12.1 Å². The topological polar surface area (TPSA) is 49.0 Å². The van der Waals surface area contributed by atoms with Gasteiger partial charge in [-0.05, 0) is 37.5 Å². The van der Waals surface area contributed by atoms with E-state index in [2.05, 4.69) is 16.5 Å². The van der Waals surface area contributed by atoms with Crippen LogP contribution >= 0.6 is 0 Å². The Morgan fingerprint density at radius 1 is 1.45 bits per heavy atom. The number of piperidine rings is 1. The standard InChI is InChI=1S/C17H18FN3O/c1-2-16(22)21-9-4-3-8-15(21)17-19-11-14(20-17)12-6-5-7-13(18)10-12/h2,5-7,10-11,15H,1,3-4,8-9H2,(H,19,20). The molecule has 1 aromatic carbocycles. The molecule has 1 fully saturated rings. The molecule has 3 rings (SSSR count). The van der Waals surface area contributed by atoms with E-state index in [1.807, 2.05) is 6.07 Å². The van der Waals surface area contributed by atoms with Crippen LogP contribution in [-0.4, -0.2) is 27.3 Å². The molecule has 0 bridgehead atoms. The smallest absolute Gasteiger partial charge is 0.246 e. The van der Waals surface area contributed by atoms with Crippen molar-refractivity contribution in [2.45, 2.75) is 25.3 Å². The third-order valence-corrected chi connectivity index (χ3v) is 4.01. The molecule has 2 aromatic rings. The highest BCUT2D eigenvalue weighted by Gasteiger charge is 2.28. The molecule has 1 atom stereocenters. The third-order valence-electron chi connectivity index (χ3n) is 4.01. The fraction of sp³-hybridized carbons (Fsp3) is 0.294. The Morgan fingerprint density at radius 3 is 3.09 bits per heavy atom. The van der Waals surface area contributed by atoms with Crippen LogP contribution in [0.1, 0.15) is 31.1 Å². The maximum atomic E-state index is 13.3. The molecule has 22 heavy (non-hydrogen) atoms. The first kappa shape index (κ1) is 14.5. The van der Waals surface area contributed by atoms with E-state index in [0.29, 0.717) is 6.54 Å². The maximum Gasteiger partial charge on any atom is 0.246 e. The van der Waals surface area contributed by atoms with E-state index < -0.39 is 0 Å². The van der Waals surface area contributed by atoms with Gasteiger partial charge in [-0.2, -0.15) is 0 Å². The van der Waals surface area contributed by atoms with Gasteiger partial charge in [0.15, 0.2) is 0 Å². The first-order valence-corrected chi connectivity index (χ1v) is 7.43. The average Bonchev–Trinajstić information content (AvgIpc) is 3.04. The van der Waals surface area contributed by atoms with Crippen molar-refractivity contribution in [1.29, 1.82) is 0 Å². The fourth-order valence-corrected chi connectivity index (χ4v) is 2.91. The predicted octanol–water partition coefficient (Wildman–Crippen LogP) is 3.46. The van der Waals surface area contributed by atoms with Crippen molar-refractivity contribution < 1.29 is 9.18 Å². The number of benzene rings is 1. The van der Waals surface area contributed by atoms with E-state index >= 15 is 0 Å². The number of amides is 1. The van der Waals surface area contributed by atoms with Crippen molar-refractivity contribution in [2.24, 2.45) is 0 Å². The van der Waals surface area contributed by atoms with E-state index in [-0.39, 0.29) is 17.8 Å². The summed E-state index contributed by atoms with van der Waals surface area (Å²) in [6, 6.07) is 6.30. The summed E-state index contributed by atoms with van der Waals surface area (Å²) < 4.78 is 13.3. The second kappa shape index (κ2) is 6.13. The molecule has 1 unspecified atom stereocenters. The van der Waals surface area contributed by atoms with Crippen LogP contribution in [0.15, 0.2) is 43.1 Å².